The average Bonchev–Trinajstić information content (AvgIpc) is 2.97. The number of aliphatic hydroxyl groups is 3. The van der Waals surface area contributed by atoms with Crippen LogP contribution in [0.3, 0.4) is 0 Å². The first-order chi connectivity index (χ1) is 20.7. The van der Waals surface area contributed by atoms with Gasteiger partial charge in [-0.2, -0.15) is 39.5 Å². The molecule has 46 heavy (non-hydrogen) atoms. The van der Waals surface area contributed by atoms with Gasteiger partial charge in [0.1, 0.15) is 0 Å². The molecule has 0 bridgehead atoms. The molecule has 3 aromatic carbocycles. The third kappa shape index (κ3) is 15.3. The number of rotatable bonds is 6. The van der Waals surface area contributed by atoms with E-state index in [9.17, 15) is 53.9 Å². The molecule has 3 N–H and O–H groups in total. The number of allylic oxidation sites excluding steroid dienone is 6. The fraction of sp³-hybridized carbons (Fsp3) is 0.100. The Bertz CT molecular complexity index is 1330. The van der Waals surface area contributed by atoms with E-state index in [0.29, 0.717) is 0 Å². The van der Waals surface area contributed by atoms with E-state index in [1.54, 1.807) is 18.2 Å². The molecule has 0 heterocycles. The van der Waals surface area contributed by atoms with Crippen LogP contribution in [0.2, 0.25) is 0 Å². The SMILES string of the molecule is O=C(C=C(O)C(F)(F)F)c1ccccc1.O=C(C=C(O)C(F)(F)F)c1ccccc1.O=C(C=C(O)C(F)(F)F)c1ccccc1.[Fe]. The van der Waals surface area contributed by atoms with Gasteiger partial charge in [0.2, 0.25) is 17.3 Å². The quantitative estimate of drug-likeness (QED) is 0.0780. The Morgan fingerprint density at radius 2 is 0.587 bits per heavy atom. The zero-order chi connectivity index (χ0) is 34.4. The molecule has 0 aliphatic carbocycles. The van der Waals surface area contributed by atoms with Gasteiger partial charge in [-0.1, -0.05) is 91.0 Å². The number of aliphatic hydroxyl groups excluding tert-OH is 3. The van der Waals surface area contributed by atoms with E-state index in [-0.39, 0.29) is 52.0 Å². The molecule has 0 aliphatic rings. The van der Waals surface area contributed by atoms with Crippen molar-refractivity contribution in [2.45, 2.75) is 18.5 Å². The fourth-order valence-corrected chi connectivity index (χ4v) is 2.68. The van der Waals surface area contributed by atoms with Crippen LogP contribution in [0.15, 0.2) is 127 Å². The predicted molar refractivity (Wildman–Crippen MR) is 143 cm³/mol. The molecule has 0 fully saturated rings. The molecule has 3 aromatic rings. The summed E-state index contributed by atoms with van der Waals surface area (Å²) in [5, 5.41) is 25.6. The van der Waals surface area contributed by atoms with E-state index in [1.807, 2.05) is 0 Å². The number of hydrogen-bond acceptors (Lipinski definition) is 6. The number of carbonyl (C=O) groups is 3. The van der Waals surface area contributed by atoms with Gasteiger partial charge in [0, 0.05) is 52.0 Å². The molecule has 248 valence electrons. The molecular weight excluding hydrogens is 683 g/mol. The standard InChI is InChI=1S/3C10H7F3O2.Fe/c3*11-10(12,13)9(15)6-8(14)7-4-2-1-3-5-7;/h3*1-6,15H;. The molecule has 0 spiro atoms. The zero-order valence-corrected chi connectivity index (χ0v) is 23.8. The third-order valence-electron chi connectivity index (χ3n) is 4.85. The van der Waals surface area contributed by atoms with Crippen molar-refractivity contribution in [2.75, 3.05) is 0 Å². The Kier molecular flexibility index (Phi) is 16.3. The van der Waals surface area contributed by atoms with Crippen molar-refractivity contribution < 1.29 is 86.3 Å². The third-order valence-corrected chi connectivity index (χ3v) is 4.85. The molecular formula is C30H21F9FeO6. The van der Waals surface area contributed by atoms with E-state index in [1.165, 1.54) is 72.8 Å². The second-order valence-corrected chi connectivity index (χ2v) is 8.27. The maximum atomic E-state index is 11.9. The normalized spacial score (nSPS) is 12.3. The second kappa shape index (κ2) is 18.2. The van der Waals surface area contributed by atoms with Gasteiger partial charge in [-0.3, -0.25) is 14.4 Å². The Morgan fingerprint density at radius 3 is 0.739 bits per heavy atom. The van der Waals surface area contributed by atoms with Crippen LogP contribution in [0, 0.1) is 0 Å². The summed E-state index contributed by atoms with van der Waals surface area (Å²) >= 11 is 0. The van der Waals surface area contributed by atoms with Crippen molar-refractivity contribution in [2.24, 2.45) is 0 Å². The summed E-state index contributed by atoms with van der Waals surface area (Å²) in [7, 11) is 0. The Labute approximate surface area is 265 Å². The van der Waals surface area contributed by atoms with Gasteiger partial charge in [0.05, 0.1) is 0 Å². The summed E-state index contributed by atoms with van der Waals surface area (Å²) in [6.07, 6.45) is -14.2. The number of alkyl halides is 9. The molecule has 0 amide bonds. The van der Waals surface area contributed by atoms with Crippen molar-refractivity contribution in [3.05, 3.63) is 143 Å². The van der Waals surface area contributed by atoms with Gasteiger partial charge in [-0.15, -0.1) is 0 Å². The van der Waals surface area contributed by atoms with Gasteiger partial charge in [-0.25, -0.2) is 0 Å². The van der Waals surface area contributed by atoms with Crippen LogP contribution in [-0.4, -0.2) is 51.2 Å². The molecule has 0 radical (unpaired) electrons. The summed E-state index contributed by atoms with van der Waals surface area (Å²) < 4.78 is 107. The van der Waals surface area contributed by atoms with E-state index in [4.69, 9.17) is 15.3 Å². The van der Waals surface area contributed by atoms with Crippen molar-refractivity contribution >= 4 is 17.3 Å². The van der Waals surface area contributed by atoms with Crippen molar-refractivity contribution in [3.63, 3.8) is 0 Å². The maximum absolute atomic E-state index is 11.9. The molecule has 0 unspecified atom stereocenters. The first-order valence-corrected chi connectivity index (χ1v) is 11.9. The Balaban J connectivity index is 0.000000653. The number of ketones is 3. The number of halogens is 9. The molecule has 0 aromatic heterocycles. The minimum Gasteiger partial charge on any atom is -0.504 e. The number of hydrogen-bond donors (Lipinski definition) is 3. The fourth-order valence-electron chi connectivity index (χ4n) is 2.68. The van der Waals surface area contributed by atoms with Crippen molar-refractivity contribution in [1.29, 1.82) is 0 Å². The van der Waals surface area contributed by atoms with Crippen LogP contribution >= 0.6 is 0 Å². The van der Waals surface area contributed by atoms with Crippen LogP contribution in [-0.2, 0) is 17.1 Å². The second-order valence-electron chi connectivity index (χ2n) is 8.27. The van der Waals surface area contributed by atoms with Crippen molar-refractivity contribution in [1.82, 2.24) is 0 Å². The summed E-state index contributed by atoms with van der Waals surface area (Å²) in [5.74, 6) is -8.33. The topological polar surface area (TPSA) is 112 Å². The number of benzene rings is 3. The van der Waals surface area contributed by atoms with E-state index in [0.717, 1.165) is 0 Å². The molecule has 0 atom stereocenters. The van der Waals surface area contributed by atoms with Crippen LogP contribution in [0.5, 0.6) is 0 Å². The molecule has 3 rings (SSSR count). The van der Waals surface area contributed by atoms with Gasteiger partial charge in [0.15, 0.2) is 17.3 Å². The molecule has 0 saturated carbocycles. The minimum absolute atomic E-state index is 0. The van der Waals surface area contributed by atoms with Gasteiger partial charge in [-0.05, 0) is 0 Å². The maximum Gasteiger partial charge on any atom is 0.448 e. The first-order valence-electron chi connectivity index (χ1n) is 11.9. The first kappa shape index (κ1) is 41.2. The smallest absolute Gasteiger partial charge is 0.448 e. The zero-order valence-electron chi connectivity index (χ0n) is 22.7. The van der Waals surface area contributed by atoms with Crippen LogP contribution in [0.1, 0.15) is 31.1 Å². The minimum atomic E-state index is -4.88. The molecule has 0 saturated heterocycles. The van der Waals surface area contributed by atoms with Gasteiger partial charge < -0.3 is 15.3 Å². The van der Waals surface area contributed by atoms with E-state index in [2.05, 4.69) is 0 Å². The predicted octanol–water partition coefficient (Wildman–Crippen LogP) is 8.62. The molecule has 16 heteroatoms. The Hall–Kier alpha value is -4.82. The van der Waals surface area contributed by atoms with Crippen molar-refractivity contribution in [3.8, 4) is 0 Å². The van der Waals surface area contributed by atoms with Crippen LogP contribution in [0.25, 0.3) is 0 Å². The van der Waals surface area contributed by atoms with Gasteiger partial charge >= 0.3 is 18.5 Å². The van der Waals surface area contributed by atoms with Crippen LogP contribution in [0.4, 0.5) is 39.5 Å². The largest absolute Gasteiger partial charge is 0.504 e. The summed E-state index contributed by atoms with van der Waals surface area (Å²) in [5.41, 5.74) is 0.273. The summed E-state index contributed by atoms with van der Waals surface area (Å²) in [4.78, 5) is 33.5. The summed E-state index contributed by atoms with van der Waals surface area (Å²) in [6.45, 7) is 0. The molecule has 0 aliphatic heterocycles. The Morgan fingerprint density at radius 1 is 0.413 bits per heavy atom. The number of carbonyl (C=O) groups excluding carboxylic acids is 3. The van der Waals surface area contributed by atoms with E-state index >= 15 is 0 Å². The van der Waals surface area contributed by atoms with Gasteiger partial charge in [0.25, 0.3) is 0 Å². The monoisotopic (exact) mass is 704 g/mol. The molecule has 6 nitrogen and oxygen atoms in total. The summed E-state index contributed by atoms with van der Waals surface area (Å²) in [6, 6.07) is 22.2. The average molecular weight is 704 g/mol. The van der Waals surface area contributed by atoms with E-state index < -0.39 is 53.2 Å². The van der Waals surface area contributed by atoms with Crippen LogP contribution < -0.4 is 0 Å².